The molecule has 1 aromatic carbocycles. The minimum absolute atomic E-state index is 1.06. The van der Waals surface area contributed by atoms with Crippen LogP contribution in [0.25, 0.3) is 10.9 Å². The van der Waals surface area contributed by atoms with Crippen LogP contribution in [0.4, 0.5) is 5.69 Å². The van der Waals surface area contributed by atoms with Gasteiger partial charge in [-0.2, -0.15) is 0 Å². The number of anilines is 1. The van der Waals surface area contributed by atoms with Gasteiger partial charge < -0.3 is 4.90 Å². The van der Waals surface area contributed by atoms with Crippen LogP contribution in [-0.4, -0.2) is 47.6 Å². The highest BCUT2D eigenvalue weighted by atomic mass is 15.3. The number of hydrogen-bond acceptors (Lipinski definition) is 4. The Hall–Kier alpha value is -1.68. The fourth-order valence-corrected chi connectivity index (χ4v) is 3.05. The maximum Gasteiger partial charge on any atom is 0.116 e. The molecule has 2 heterocycles. The van der Waals surface area contributed by atoms with Crippen LogP contribution >= 0.6 is 0 Å². The lowest BCUT2D eigenvalue weighted by Gasteiger charge is -2.36. The Morgan fingerprint density at radius 1 is 1.10 bits per heavy atom. The third kappa shape index (κ3) is 3.00. The summed E-state index contributed by atoms with van der Waals surface area (Å²) in [6.45, 7) is 10.0. The van der Waals surface area contributed by atoms with E-state index >= 15 is 0 Å². The first kappa shape index (κ1) is 14.3. The lowest BCUT2D eigenvalue weighted by atomic mass is 10.1. The Bertz CT molecular complexity index is 603. The summed E-state index contributed by atoms with van der Waals surface area (Å²) in [5.74, 6) is 0. The Labute approximate surface area is 126 Å². The summed E-state index contributed by atoms with van der Waals surface area (Å²) < 4.78 is 0. The second-order valence-corrected chi connectivity index (χ2v) is 5.81. The largest absolute Gasteiger partial charge is 0.367 e. The maximum absolute atomic E-state index is 4.52. The van der Waals surface area contributed by atoms with Crippen molar-refractivity contribution in [2.75, 3.05) is 37.6 Å². The predicted octanol–water partition coefficient (Wildman–Crippen LogP) is 2.86. The van der Waals surface area contributed by atoms with Crippen LogP contribution in [0.3, 0.4) is 0 Å². The van der Waals surface area contributed by atoms with Gasteiger partial charge in [0.2, 0.25) is 0 Å². The fourth-order valence-electron chi connectivity index (χ4n) is 3.05. The van der Waals surface area contributed by atoms with Gasteiger partial charge in [0.05, 0.1) is 11.2 Å². The minimum Gasteiger partial charge on any atom is -0.367 e. The predicted molar refractivity (Wildman–Crippen MR) is 87.8 cm³/mol. The molecule has 1 aliphatic rings. The van der Waals surface area contributed by atoms with Gasteiger partial charge in [0.1, 0.15) is 6.33 Å². The Balaban J connectivity index is 1.78. The molecule has 0 radical (unpaired) electrons. The highest BCUT2D eigenvalue weighted by molar-refractivity contribution is 5.92. The van der Waals surface area contributed by atoms with Crippen molar-refractivity contribution in [3.63, 3.8) is 0 Å². The molecule has 0 spiro atoms. The zero-order valence-corrected chi connectivity index (χ0v) is 13.0. The number of piperazine rings is 1. The molecule has 112 valence electrons. The van der Waals surface area contributed by atoms with Gasteiger partial charge in [-0.3, -0.25) is 4.90 Å². The summed E-state index contributed by atoms with van der Waals surface area (Å²) in [6, 6.07) is 6.43. The molecule has 3 rings (SSSR count). The Morgan fingerprint density at radius 2 is 1.90 bits per heavy atom. The van der Waals surface area contributed by atoms with Crippen LogP contribution in [-0.2, 0) is 0 Å². The van der Waals surface area contributed by atoms with E-state index in [1.165, 1.54) is 30.5 Å². The molecule has 1 saturated heterocycles. The molecule has 0 N–H and O–H groups in total. The van der Waals surface area contributed by atoms with Gasteiger partial charge >= 0.3 is 0 Å². The highest BCUT2D eigenvalue weighted by Crippen LogP contribution is 2.26. The zero-order chi connectivity index (χ0) is 14.7. The van der Waals surface area contributed by atoms with Gasteiger partial charge in [-0.15, -0.1) is 0 Å². The summed E-state index contributed by atoms with van der Waals surface area (Å²) in [5, 5.41) is 1.17. The summed E-state index contributed by atoms with van der Waals surface area (Å²) in [7, 11) is 0. The van der Waals surface area contributed by atoms with E-state index in [9.17, 15) is 0 Å². The molecular weight excluding hydrogens is 260 g/mol. The van der Waals surface area contributed by atoms with Crippen LogP contribution in [0.5, 0.6) is 0 Å². The number of aryl methyl sites for hydroxylation is 1. The normalized spacial score (nSPS) is 16.6. The molecule has 0 saturated carbocycles. The molecule has 0 atom stereocenters. The fraction of sp³-hybridized carbons (Fsp3) is 0.529. The van der Waals surface area contributed by atoms with Crippen LogP contribution in [0, 0.1) is 6.92 Å². The summed E-state index contributed by atoms with van der Waals surface area (Å²) >= 11 is 0. The second kappa shape index (κ2) is 6.39. The van der Waals surface area contributed by atoms with Crippen molar-refractivity contribution in [2.24, 2.45) is 0 Å². The van der Waals surface area contributed by atoms with Crippen molar-refractivity contribution in [1.29, 1.82) is 0 Å². The first-order chi connectivity index (χ1) is 10.3. The lowest BCUT2D eigenvalue weighted by molar-refractivity contribution is 0.254. The van der Waals surface area contributed by atoms with Crippen molar-refractivity contribution in [3.05, 3.63) is 30.2 Å². The van der Waals surface area contributed by atoms with Crippen molar-refractivity contribution < 1.29 is 0 Å². The van der Waals surface area contributed by atoms with Crippen molar-refractivity contribution in [1.82, 2.24) is 14.9 Å². The lowest BCUT2D eigenvalue weighted by Crippen LogP contribution is -2.46. The standard InChI is InChI=1S/C17H24N4/c1-3-4-8-20-9-11-21(12-10-20)16-7-5-6-15-14(2)18-13-19-17(15)16/h5-7,13H,3-4,8-12H2,1-2H3. The van der Waals surface area contributed by atoms with Gasteiger partial charge in [-0.05, 0) is 26.0 Å². The first-order valence-corrected chi connectivity index (χ1v) is 7.97. The number of para-hydroxylation sites is 1. The van der Waals surface area contributed by atoms with E-state index in [4.69, 9.17) is 0 Å². The van der Waals surface area contributed by atoms with Crippen LogP contribution in [0.1, 0.15) is 25.5 Å². The number of unbranched alkanes of at least 4 members (excludes halogenated alkanes) is 1. The number of rotatable bonds is 4. The molecule has 0 bridgehead atoms. The number of nitrogens with zero attached hydrogens (tertiary/aromatic N) is 4. The third-order valence-corrected chi connectivity index (χ3v) is 4.38. The minimum atomic E-state index is 1.06. The SMILES string of the molecule is CCCCN1CCN(c2cccc3c(C)ncnc23)CC1. The Kier molecular flexibility index (Phi) is 4.34. The molecule has 1 aromatic heterocycles. The molecule has 21 heavy (non-hydrogen) atoms. The van der Waals surface area contributed by atoms with Gasteiger partial charge in [-0.1, -0.05) is 25.5 Å². The average molecular weight is 284 g/mol. The van der Waals surface area contributed by atoms with Crippen LogP contribution < -0.4 is 4.90 Å². The molecule has 4 nitrogen and oxygen atoms in total. The molecule has 1 aliphatic heterocycles. The van der Waals surface area contributed by atoms with E-state index in [-0.39, 0.29) is 0 Å². The summed E-state index contributed by atoms with van der Waals surface area (Å²) in [5.41, 5.74) is 3.41. The summed E-state index contributed by atoms with van der Waals surface area (Å²) in [4.78, 5) is 13.9. The van der Waals surface area contributed by atoms with E-state index in [1.54, 1.807) is 6.33 Å². The van der Waals surface area contributed by atoms with Crippen molar-refractivity contribution in [2.45, 2.75) is 26.7 Å². The molecule has 2 aromatic rings. The molecular formula is C17H24N4. The monoisotopic (exact) mass is 284 g/mol. The number of fused-ring (bicyclic) bond motifs is 1. The number of aromatic nitrogens is 2. The average Bonchev–Trinajstić information content (AvgIpc) is 2.53. The van der Waals surface area contributed by atoms with Gasteiger partial charge in [-0.25, -0.2) is 9.97 Å². The molecule has 1 fully saturated rings. The van der Waals surface area contributed by atoms with Gasteiger partial charge in [0.25, 0.3) is 0 Å². The number of hydrogen-bond donors (Lipinski definition) is 0. The molecule has 0 aliphatic carbocycles. The smallest absolute Gasteiger partial charge is 0.116 e. The van der Waals surface area contributed by atoms with E-state index in [1.807, 2.05) is 0 Å². The van der Waals surface area contributed by atoms with Gasteiger partial charge in [0, 0.05) is 37.3 Å². The molecule has 4 heteroatoms. The second-order valence-electron chi connectivity index (χ2n) is 5.81. The van der Waals surface area contributed by atoms with Crippen LogP contribution in [0.2, 0.25) is 0 Å². The molecule has 0 amide bonds. The maximum atomic E-state index is 4.52. The summed E-state index contributed by atoms with van der Waals surface area (Å²) in [6.07, 6.45) is 4.26. The topological polar surface area (TPSA) is 32.3 Å². The quantitative estimate of drug-likeness (QED) is 0.864. The van der Waals surface area contributed by atoms with E-state index in [2.05, 4.69) is 51.8 Å². The van der Waals surface area contributed by atoms with E-state index < -0.39 is 0 Å². The van der Waals surface area contributed by atoms with E-state index in [0.717, 1.165) is 37.4 Å². The zero-order valence-electron chi connectivity index (χ0n) is 13.0. The highest BCUT2D eigenvalue weighted by Gasteiger charge is 2.18. The van der Waals surface area contributed by atoms with Crippen molar-refractivity contribution >= 4 is 16.6 Å². The van der Waals surface area contributed by atoms with Crippen molar-refractivity contribution in [3.8, 4) is 0 Å². The van der Waals surface area contributed by atoms with E-state index in [0.29, 0.717) is 0 Å². The Morgan fingerprint density at radius 3 is 2.67 bits per heavy atom. The van der Waals surface area contributed by atoms with Crippen LogP contribution in [0.15, 0.2) is 24.5 Å². The third-order valence-electron chi connectivity index (χ3n) is 4.38. The number of benzene rings is 1. The van der Waals surface area contributed by atoms with Gasteiger partial charge in [0.15, 0.2) is 0 Å². The first-order valence-electron chi connectivity index (χ1n) is 7.97. The molecule has 0 unspecified atom stereocenters.